The third kappa shape index (κ3) is 3.97. The maximum absolute atomic E-state index is 12.3. The molecule has 0 spiro atoms. The lowest BCUT2D eigenvalue weighted by Crippen LogP contribution is -2.37. The minimum atomic E-state index is -3.39. The van der Waals surface area contributed by atoms with E-state index < -0.39 is 10.0 Å². The van der Waals surface area contributed by atoms with Gasteiger partial charge in [-0.25, -0.2) is 13.1 Å². The Morgan fingerprint density at radius 2 is 1.80 bits per heavy atom. The van der Waals surface area contributed by atoms with Crippen molar-refractivity contribution in [3.8, 4) is 0 Å². The van der Waals surface area contributed by atoms with Crippen LogP contribution in [0.1, 0.15) is 31.4 Å². The molecule has 2 N–H and O–H groups in total. The number of benzene rings is 1. The molecule has 0 bridgehead atoms. The molecule has 1 aliphatic rings. The Hall–Kier alpha value is -0.560. The molecule has 112 valence electrons. The zero-order valence-corrected chi connectivity index (χ0v) is 13.6. The summed E-state index contributed by atoms with van der Waals surface area (Å²) in [6.07, 6.45) is 1.83. The number of sulfonamides is 1. The van der Waals surface area contributed by atoms with E-state index in [-0.39, 0.29) is 12.1 Å². The Labute approximate surface area is 125 Å². The van der Waals surface area contributed by atoms with Gasteiger partial charge in [-0.2, -0.15) is 11.8 Å². The molecular weight excluding hydrogens is 292 g/mol. The predicted molar refractivity (Wildman–Crippen MR) is 84.6 cm³/mol. The second-order valence-corrected chi connectivity index (χ2v) is 8.03. The van der Waals surface area contributed by atoms with Gasteiger partial charge in [-0.1, -0.05) is 12.1 Å². The molecule has 1 unspecified atom stereocenters. The molecule has 6 heteroatoms. The molecule has 0 aromatic heterocycles. The minimum Gasteiger partial charge on any atom is -0.313 e. The van der Waals surface area contributed by atoms with Gasteiger partial charge >= 0.3 is 0 Å². The topological polar surface area (TPSA) is 58.2 Å². The van der Waals surface area contributed by atoms with Crippen LogP contribution in [0, 0.1) is 0 Å². The highest BCUT2D eigenvalue weighted by Gasteiger charge is 2.22. The van der Waals surface area contributed by atoms with E-state index in [1.807, 2.05) is 37.9 Å². The van der Waals surface area contributed by atoms with Gasteiger partial charge in [-0.3, -0.25) is 0 Å². The molecular formula is C14H22N2O2S2. The summed E-state index contributed by atoms with van der Waals surface area (Å²) in [4.78, 5) is 0.350. The van der Waals surface area contributed by atoms with Crippen LogP contribution in [0.25, 0.3) is 0 Å². The zero-order valence-electron chi connectivity index (χ0n) is 11.9. The second kappa shape index (κ2) is 6.93. The normalized spacial score (nSPS) is 18.9. The molecule has 1 atom stereocenters. The fraction of sp³-hybridized carbons (Fsp3) is 0.571. The summed E-state index contributed by atoms with van der Waals surface area (Å²) in [7, 11) is -1.50. The van der Waals surface area contributed by atoms with Crippen molar-refractivity contribution in [2.45, 2.75) is 36.7 Å². The smallest absolute Gasteiger partial charge is 0.240 e. The van der Waals surface area contributed by atoms with Crippen molar-refractivity contribution in [1.29, 1.82) is 0 Å². The van der Waals surface area contributed by atoms with E-state index in [1.165, 1.54) is 0 Å². The summed E-state index contributed by atoms with van der Waals surface area (Å²) >= 11 is 1.89. The number of rotatable bonds is 5. The van der Waals surface area contributed by atoms with Crippen molar-refractivity contribution >= 4 is 21.8 Å². The van der Waals surface area contributed by atoms with Crippen LogP contribution in [0.5, 0.6) is 0 Å². The summed E-state index contributed by atoms with van der Waals surface area (Å²) in [6, 6.07) is 7.40. The molecule has 1 fully saturated rings. The lowest BCUT2D eigenvalue weighted by atomic mass is 10.1. The molecule has 0 saturated carbocycles. The quantitative estimate of drug-likeness (QED) is 0.874. The average molecular weight is 314 g/mol. The maximum Gasteiger partial charge on any atom is 0.240 e. The molecule has 0 amide bonds. The summed E-state index contributed by atoms with van der Waals surface area (Å²) in [5.41, 5.74) is 1.08. The third-order valence-corrected chi connectivity index (χ3v) is 6.25. The van der Waals surface area contributed by atoms with Gasteiger partial charge in [0, 0.05) is 12.1 Å². The molecule has 4 nitrogen and oxygen atoms in total. The lowest BCUT2D eigenvalue weighted by molar-refractivity contribution is 0.528. The molecule has 20 heavy (non-hydrogen) atoms. The van der Waals surface area contributed by atoms with Gasteiger partial charge in [0.25, 0.3) is 0 Å². The Kier molecular flexibility index (Phi) is 5.49. The highest BCUT2D eigenvalue weighted by molar-refractivity contribution is 7.99. The van der Waals surface area contributed by atoms with E-state index in [2.05, 4.69) is 10.0 Å². The molecule has 0 radical (unpaired) electrons. The first kappa shape index (κ1) is 15.8. The fourth-order valence-electron chi connectivity index (χ4n) is 2.21. The van der Waals surface area contributed by atoms with Crippen LogP contribution < -0.4 is 10.0 Å². The van der Waals surface area contributed by atoms with Crippen molar-refractivity contribution in [3.63, 3.8) is 0 Å². The Morgan fingerprint density at radius 3 is 2.35 bits per heavy atom. The van der Waals surface area contributed by atoms with Crippen LogP contribution in [-0.2, 0) is 10.0 Å². The van der Waals surface area contributed by atoms with Gasteiger partial charge in [0.1, 0.15) is 0 Å². The Morgan fingerprint density at radius 1 is 1.20 bits per heavy atom. The van der Waals surface area contributed by atoms with Crippen molar-refractivity contribution < 1.29 is 8.42 Å². The fourth-order valence-corrected chi connectivity index (χ4v) is 4.62. The van der Waals surface area contributed by atoms with Gasteiger partial charge in [-0.05, 0) is 56.0 Å². The number of nitrogens with one attached hydrogen (secondary N) is 2. The van der Waals surface area contributed by atoms with Gasteiger partial charge in [0.15, 0.2) is 0 Å². The molecule has 1 aromatic rings. The van der Waals surface area contributed by atoms with E-state index in [0.29, 0.717) is 4.90 Å². The first-order chi connectivity index (χ1) is 9.53. The molecule has 2 rings (SSSR count). The monoisotopic (exact) mass is 314 g/mol. The lowest BCUT2D eigenvalue weighted by Gasteiger charge is -2.22. The van der Waals surface area contributed by atoms with Gasteiger partial charge in [0.2, 0.25) is 10.0 Å². The number of hydrogen-bond donors (Lipinski definition) is 2. The summed E-state index contributed by atoms with van der Waals surface area (Å²) in [5, 5.41) is 3.14. The molecule has 1 heterocycles. The van der Waals surface area contributed by atoms with Crippen LogP contribution in [0.15, 0.2) is 29.2 Å². The number of hydrogen-bond acceptors (Lipinski definition) is 4. The first-order valence-corrected chi connectivity index (χ1v) is 9.54. The highest BCUT2D eigenvalue weighted by Crippen LogP contribution is 2.20. The predicted octanol–water partition coefficient (Wildman–Crippen LogP) is 2.14. The van der Waals surface area contributed by atoms with Crippen molar-refractivity contribution in [2.75, 3.05) is 18.6 Å². The van der Waals surface area contributed by atoms with Gasteiger partial charge < -0.3 is 5.32 Å². The maximum atomic E-state index is 12.3. The van der Waals surface area contributed by atoms with Crippen molar-refractivity contribution in [2.24, 2.45) is 0 Å². The third-order valence-electron chi connectivity index (χ3n) is 3.67. The molecule has 0 aliphatic carbocycles. The number of thioether (sulfide) groups is 1. The molecule has 1 aromatic carbocycles. The Balaban J connectivity index is 2.08. The summed E-state index contributed by atoms with van der Waals surface area (Å²) in [6.45, 7) is 2.04. The van der Waals surface area contributed by atoms with Crippen LogP contribution in [0.2, 0.25) is 0 Å². The molecule has 1 aliphatic heterocycles. The SMILES string of the molecule is CNC(C)c1ccc(S(=O)(=O)NC2CCSCC2)cc1. The van der Waals surface area contributed by atoms with E-state index in [0.717, 1.165) is 29.9 Å². The first-order valence-electron chi connectivity index (χ1n) is 6.90. The van der Waals surface area contributed by atoms with E-state index in [9.17, 15) is 8.42 Å². The average Bonchev–Trinajstić information content (AvgIpc) is 2.47. The van der Waals surface area contributed by atoms with Crippen LogP contribution >= 0.6 is 11.8 Å². The summed E-state index contributed by atoms with van der Waals surface area (Å²) < 4.78 is 27.5. The van der Waals surface area contributed by atoms with E-state index >= 15 is 0 Å². The summed E-state index contributed by atoms with van der Waals surface area (Å²) in [5.74, 6) is 2.07. The van der Waals surface area contributed by atoms with Crippen LogP contribution in [-0.4, -0.2) is 33.0 Å². The van der Waals surface area contributed by atoms with E-state index in [4.69, 9.17) is 0 Å². The van der Waals surface area contributed by atoms with Crippen LogP contribution in [0.3, 0.4) is 0 Å². The second-order valence-electron chi connectivity index (χ2n) is 5.09. The van der Waals surface area contributed by atoms with E-state index in [1.54, 1.807) is 12.1 Å². The van der Waals surface area contributed by atoms with Crippen LogP contribution in [0.4, 0.5) is 0 Å². The minimum absolute atomic E-state index is 0.0807. The zero-order chi connectivity index (χ0) is 14.6. The van der Waals surface area contributed by atoms with Gasteiger partial charge in [-0.15, -0.1) is 0 Å². The van der Waals surface area contributed by atoms with Crippen molar-refractivity contribution in [3.05, 3.63) is 29.8 Å². The highest BCUT2D eigenvalue weighted by atomic mass is 32.2. The molecule has 1 saturated heterocycles. The largest absolute Gasteiger partial charge is 0.313 e. The standard InChI is InChI=1S/C14H22N2O2S2/c1-11(15-2)12-3-5-14(6-4-12)20(17,18)16-13-7-9-19-10-8-13/h3-6,11,13,15-16H,7-10H2,1-2H3. The van der Waals surface area contributed by atoms with Gasteiger partial charge in [0.05, 0.1) is 4.90 Å². The Bertz CT molecular complexity index is 523. The van der Waals surface area contributed by atoms with Crippen molar-refractivity contribution in [1.82, 2.24) is 10.0 Å².